The fourth-order valence-corrected chi connectivity index (χ4v) is 9.06. The molecule has 6 saturated heterocycles. The van der Waals surface area contributed by atoms with Gasteiger partial charge in [0.1, 0.15) is 122 Å². The molecule has 6 heterocycles. The molecule has 29 heteroatoms. The molecule has 0 aliphatic carbocycles. The van der Waals surface area contributed by atoms with Crippen molar-refractivity contribution in [2.24, 2.45) is 0 Å². The van der Waals surface area contributed by atoms with Crippen molar-refractivity contribution < 1.29 is 133 Å². The zero-order valence-corrected chi connectivity index (χ0v) is 38.3. The van der Waals surface area contributed by atoms with Crippen molar-refractivity contribution in [1.82, 2.24) is 10.6 Å². The topological polar surface area (TPSA) is 443 Å². The SMILES string of the molecule is CC(=O)N[C@H]1[C@H](O[C@@H]2[C@@H](O)[C@H](C)O[C@@H](O[C@@H]3[C@@H](O)[C@H](C)O[C@@H](O[C@H]4[C@H](O[C@@H]5[C@@H](O)[C@H](C)O[C@@H](O)[C@@H]5O)O[C@@H](C)[C@H](O)[C@H]4O[C@@H]4O[C@H](CO)[C@@H](O)[C@H](O)[C@H]4NC(C)=O)[C@@H]3O)[C@@H]2O)O[C@H](CO)[C@@H](O)[C@@H]1O. The van der Waals surface area contributed by atoms with Crippen molar-refractivity contribution in [3.05, 3.63) is 0 Å². The first-order valence-electron chi connectivity index (χ1n) is 22.5. The molecule has 30 atom stereocenters. The van der Waals surface area contributed by atoms with Gasteiger partial charge in [0, 0.05) is 13.8 Å². The van der Waals surface area contributed by atoms with E-state index in [0.29, 0.717) is 0 Å². The molecule has 0 aromatic carbocycles. The summed E-state index contributed by atoms with van der Waals surface area (Å²) in [4.78, 5) is 24.3. The van der Waals surface area contributed by atoms with E-state index >= 15 is 0 Å². The molecule has 6 aliphatic heterocycles. The van der Waals surface area contributed by atoms with E-state index < -0.39 is 209 Å². The number of hydrogen-bond acceptors (Lipinski definition) is 27. The zero-order chi connectivity index (χ0) is 51.1. The van der Waals surface area contributed by atoms with Gasteiger partial charge >= 0.3 is 0 Å². The van der Waals surface area contributed by atoms with Gasteiger partial charge in [0.05, 0.1) is 37.6 Å². The minimum Gasteiger partial charge on any atom is -0.394 e. The molecule has 2 amide bonds. The largest absolute Gasteiger partial charge is 0.394 e. The first kappa shape index (κ1) is 56.2. The van der Waals surface area contributed by atoms with Crippen LogP contribution in [0.25, 0.3) is 0 Å². The average molecular weight is 1010 g/mol. The average Bonchev–Trinajstić information content (AvgIpc) is 3.29. The van der Waals surface area contributed by atoms with Gasteiger partial charge in [-0.1, -0.05) is 0 Å². The monoisotopic (exact) mass is 1010 g/mol. The highest BCUT2D eigenvalue weighted by Gasteiger charge is 2.58. The Morgan fingerprint density at radius 1 is 0.377 bits per heavy atom. The molecule has 0 spiro atoms. The number of nitrogens with one attached hydrogen (secondary N) is 2. The van der Waals surface area contributed by atoms with Gasteiger partial charge in [-0.3, -0.25) is 9.59 Å². The van der Waals surface area contributed by atoms with Gasteiger partial charge in [0.25, 0.3) is 0 Å². The zero-order valence-electron chi connectivity index (χ0n) is 38.3. The van der Waals surface area contributed by atoms with Gasteiger partial charge in [0.2, 0.25) is 11.8 Å². The third-order valence-electron chi connectivity index (χ3n) is 13.1. The van der Waals surface area contributed by atoms with Crippen molar-refractivity contribution in [3.63, 3.8) is 0 Å². The maximum atomic E-state index is 12.3. The van der Waals surface area contributed by atoms with E-state index in [1.165, 1.54) is 27.7 Å². The van der Waals surface area contributed by atoms with Crippen LogP contribution in [-0.2, 0) is 61.7 Å². The van der Waals surface area contributed by atoms with Crippen LogP contribution in [0.15, 0.2) is 0 Å². The summed E-state index contributed by atoms with van der Waals surface area (Å²) in [5.41, 5.74) is 0. The molecule has 0 aromatic rings. The standard InChI is InChI=1S/C40H68N2O27/c1-9-19(47)30(27(55)35(58)59-9)67-40-34(33(22(50)12(4)62-40)68-37-18(42-14(6)46)26(54)24(52)16(8-44)64-37)69-39-29(57)32(21(49)11(3)61-39)66-38-28(56)31(20(48)10(2)60-38)65-36-17(41-13(5)45)25(53)23(51)15(7-43)63-36/h9-12,15-40,43-44,47-58H,7-8H2,1-6H3,(H,41,45)(H,42,46)/t9-,10-,11-,12-,15+,16+,17+,18+,19-,20-,21-,22-,23+,24+,25+,26+,27+,28+,29+,30+,31+,32+,33+,34+,35+,36-,37-,38-,39-,40-/m0/s1. The minimum absolute atomic E-state index is 0.695. The number of aliphatic hydroxyl groups excluding tert-OH is 14. The smallest absolute Gasteiger partial charge is 0.217 e. The van der Waals surface area contributed by atoms with Crippen molar-refractivity contribution >= 4 is 11.8 Å². The molecule has 29 nitrogen and oxygen atoms in total. The molecule has 6 rings (SSSR count). The van der Waals surface area contributed by atoms with Crippen LogP contribution in [0.3, 0.4) is 0 Å². The minimum atomic E-state index is -2.12. The fourth-order valence-electron chi connectivity index (χ4n) is 9.06. The number of carbonyl (C=O) groups excluding carboxylic acids is 2. The highest BCUT2D eigenvalue weighted by atomic mass is 16.8. The highest BCUT2D eigenvalue weighted by molar-refractivity contribution is 5.73. The maximum absolute atomic E-state index is 12.3. The molecule has 16 N–H and O–H groups in total. The molecule has 6 fully saturated rings. The molecule has 0 radical (unpaired) electrons. The quantitative estimate of drug-likeness (QED) is 0.0768. The van der Waals surface area contributed by atoms with Gasteiger partial charge in [-0.15, -0.1) is 0 Å². The molecule has 400 valence electrons. The second-order valence-corrected chi connectivity index (χ2v) is 18.2. The summed E-state index contributed by atoms with van der Waals surface area (Å²) < 4.78 is 64.5. The summed E-state index contributed by atoms with van der Waals surface area (Å²) in [6.07, 6.45) is -48.1. The summed E-state index contributed by atoms with van der Waals surface area (Å²) >= 11 is 0. The molecule has 6 aliphatic rings. The van der Waals surface area contributed by atoms with Gasteiger partial charge in [-0.25, -0.2) is 0 Å². The fraction of sp³-hybridized carbons (Fsp3) is 0.950. The number of rotatable bonds is 14. The molecule has 0 unspecified atom stereocenters. The lowest BCUT2D eigenvalue weighted by molar-refractivity contribution is -0.405. The lowest BCUT2D eigenvalue weighted by Gasteiger charge is -2.51. The third-order valence-corrected chi connectivity index (χ3v) is 13.1. The summed E-state index contributed by atoms with van der Waals surface area (Å²) in [5.74, 6) is -1.42. The summed E-state index contributed by atoms with van der Waals surface area (Å²) in [5, 5.41) is 158. The first-order valence-corrected chi connectivity index (χ1v) is 22.5. The van der Waals surface area contributed by atoms with Crippen molar-refractivity contribution in [1.29, 1.82) is 0 Å². The van der Waals surface area contributed by atoms with Gasteiger partial charge in [-0.05, 0) is 27.7 Å². The van der Waals surface area contributed by atoms with Crippen LogP contribution in [0.5, 0.6) is 0 Å². The summed E-state index contributed by atoms with van der Waals surface area (Å²) in [6.45, 7) is 5.87. The number of carbonyl (C=O) groups is 2. The Labute approximate surface area is 394 Å². The second-order valence-electron chi connectivity index (χ2n) is 18.2. The van der Waals surface area contributed by atoms with E-state index in [1.807, 2.05) is 0 Å². The van der Waals surface area contributed by atoms with Gasteiger partial charge < -0.3 is 134 Å². The normalized spacial score (nSPS) is 51.9. The first-order chi connectivity index (χ1) is 32.4. The Balaban J connectivity index is 1.29. The maximum Gasteiger partial charge on any atom is 0.217 e. The Hall–Kier alpha value is -2.06. The van der Waals surface area contributed by atoms with Crippen molar-refractivity contribution in [3.8, 4) is 0 Å². The molecule has 0 aromatic heterocycles. The van der Waals surface area contributed by atoms with E-state index in [4.69, 9.17) is 52.1 Å². The van der Waals surface area contributed by atoms with Crippen molar-refractivity contribution in [2.75, 3.05) is 13.2 Å². The lowest BCUT2D eigenvalue weighted by Crippen LogP contribution is -2.69. The summed E-state index contributed by atoms with van der Waals surface area (Å²) in [7, 11) is 0. The van der Waals surface area contributed by atoms with E-state index in [2.05, 4.69) is 10.6 Å². The molecule has 0 bridgehead atoms. The van der Waals surface area contributed by atoms with E-state index in [-0.39, 0.29) is 0 Å². The Morgan fingerprint density at radius 3 is 1.10 bits per heavy atom. The summed E-state index contributed by atoms with van der Waals surface area (Å²) in [6, 6.07) is -3.07. The molecule has 69 heavy (non-hydrogen) atoms. The van der Waals surface area contributed by atoms with Crippen LogP contribution in [0.2, 0.25) is 0 Å². The van der Waals surface area contributed by atoms with Crippen molar-refractivity contribution in [2.45, 2.75) is 226 Å². The number of ether oxygens (including phenoxy) is 11. The van der Waals surface area contributed by atoms with Crippen LogP contribution >= 0.6 is 0 Å². The van der Waals surface area contributed by atoms with E-state index in [9.17, 15) is 81.1 Å². The van der Waals surface area contributed by atoms with Gasteiger partial charge in [0.15, 0.2) is 37.7 Å². The van der Waals surface area contributed by atoms with Crippen LogP contribution in [0, 0.1) is 0 Å². The number of aliphatic hydroxyl groups is 14. The lowest BCUT2D eigenvalue weighted by atomic mass is 9.94. The third kappa shape index (κ3) is 12.0. The number of hydrogen-bond donors (Lipinski definition) is 16. The molecular formula is C40H68N2O27. The van der Waals surface area contributed by atoms with Crippen LogP contribution < -0.4 is 10.6 Å². The Morgan fingerprint density at radius 2 is 0.696 bits per heavy atom. The van der Waals surface area contributed by atoms with E-state index in [0.717, 1.165) is 13.8 Å². The second kappa shape index (κ2) is 23.4. The van der Waals surface area contributed by atoms with Crippen LogP contribution in [0.1, 0.15) is 41.5 Å². The van der Waals surface area contributed by atoms with Gasteiger partial charge in [-0.2, -0.15) is 0 Å². The predicted octanol–water partition coefficient (Wildman–Crippen LogP) is -9.70. The molecule has 0 saturated carbocycles. The Kier molecular flexibility index (Phi) is 19.1. The van der Waals surface area contributed by atoms with Crippen LogP contribution in [-0.4, -0.2) is 281 Å². The Bertz CT molecular complexity index is 1660. The highest BCUT2D eigenvalue weighted by Crippen LogP contribution is 2.38. The van der Waals surface area contributed by atoms with Crippen LogP contribution in [0.4, 0.5) is 0 Å². The van der Waals surface area contributed by atoms with E-state index in [1.54, 1.807) is 0 Å². The predicted molar refractivity (Wildman–Crippen MR) is 217 cm³/mol. The molecular weight excluding hydrogens is 940 g/mol. The number of amides is 2.